The summed E-state index contributed by atoms with van der Waals surface area (Å²) in [5.74, 6) is 0.0932. The highest BCUT2D eigenvalue weighted by atomic mass is 16.5. The number of hydrogen-bond acceptors (Lipinski definition) is 3. The van der Waals surface area contributed by atoms with Crippen molar-refractivity contribution in [3.63, 3.8) is 0 Å². The summed E-state index contributed by atoms with van der Waals surface area (Å²) < 4.78 is 5.32. The van der Waals surface area contributed by atoms with E-state index in [1.807, 2.05) is 36.4 Å². The first-order valence-electron chi connectivity index (χ1n) is 9.32. The molecule has 0 aliphatic carbocycles. The van der Waals surface area contributed by atoms with E-state index in [1.54, 1.807) is 6.92 Å². The number of aromatic amines is 1. The number of benzene rings is 2. The van der Waals surface area contributed by atoms with Crippen LogP contribution in [0.3, 0.4) is 0 Å². The Hall–Kier alpha value is -3.34. The summed E-state index contributed by atoms with van der Waals surface area (Å²) >= 11 is 0. The molecule has 0 saturated carbocycles. The summed E-state index contributed by atoms with van der Waals surface area (Å²) in [5, 5.41) is 2.88. The van der Waals surface area contributed by atoms with Gasteiger partial charge in [-0.2, -0.15) is 0 Å². The average Bonchev–Trinajstić information content (AvgIpc) is 2.72. The number of aryl methyl sites for hydroxylation is 1. The van der Waals surface area contributed by atoms with Gasteiger partial charge in [0.2, 0.25) is 5.43 Å². The predicted molar refractivity (Wildman–Crippen MR) is 110 cm³/mol. The lowest BCUT2D eigenvalue weighted by molar-refractivity contribution is -0.123. The highest BCUT2D eigenvalue weighted by Gasteiger charge is 2.14. The van der Waals surface area contributed by atoms with Crippen LogP contribution in [-0.2, 0) is 4.79 Å². The molecule has 2 N–H and O–H groups in total. The highest BCUT2D eigenvalue weighted by Crippen LogP contribution is 2.27. The van der Waals surface area contributed by atoms with Crippen molar-refractivity contribution >= 4 is 5.91 Å². The molecule has 0 unspecified atom stereocenters. The first-order chi connectivity index (χ1) is 13.6. The molecule has 3 aromatic rings. The summed E-state index contributed by atoms with van der Waals surface area (Å²) in [6, 6.07) is 21.9. The third kappa shape index (κ3) is 5.33. The van der Waals surface area contributed by atoms with Gasteiger partial charge in [0.25, 0.3) is 5.91 Å². The summed E-state index contributed by atoms with van der Waals surface area (Å²) in [6.07, 6.45) is 2.25. The van der Waals surface area contributed by atoms with E-state index in [0.717, 1.165) is 12.1 Å². The van der Waals surface area contributed by atoms with Gasteiger partial charge in [-0.1, -0.05) is 60.7 Å². The molecule has 1 amide bonds. The third-order valence-corrected chi connectivity index (χ3v) is 4.54. The SMILES string of the molecule is Cc1cc(=O)c(OCC(=O)NCCC(c2ccccc2)c2ccccc2)c[nH]1. The Balaban J connectivity index is 1.55. The van der Waals surface area contributed by atoms with Gasteiger partial charge < -0.3 is 15.0 Å². The van der Waals surface area contributed by atoms with Crippen molar-refractivity contribution in [3.8, 4) is 5.75 Å². The average molecular weight is 376 g/mol. The first kappa shape index (κ1) is 19.4. The van der Waals surface area contributed by atoms with Crippen LogP contribution in [0.5, 0.6) is 5.75 Å². The van der Waals surface area contributed by atoms with Crippen LogP contribution in [-0.4, -0.2) is 24.0 Å². The molecule has 0 bridgehead atoms. The fraction of sp³-hybridized carbons (Fsp3) is 0.217. The van der Waals surface area contributed by atoms with Crippen LogP contribution in [0.25, 0.3) is 0 Å². The normalized spacial score (nSPS) is 10.6. The number of carbonyl (C=O) groups is 1. The first-order valence-corrected chi connectivity index (χ1v) is 9.32. The van der Waals surface area contributed by atoms with Crippen LogP contribution < -0.4 is 15.5 Å². The fourth-order valence-corrected chi connectivity index (χ4v) is 3.12. The summed E-state index contributed by atoms with van der Waals surface area (Å²) in [6.45, 7) is 2.11. The monoisotopic (exact) mass is 376 g/mol. The quantitative estimate of drug-likeness (QED) is 0.633. The van der Waals surface area contributed by atoms with Crippen LogP contribution in [0, 0.1) is 6.92 Å². The molecule has 3 rings (SSSR count). The van der Waals surface area contributed by atoms with Gasteiger partial charge in [-0.05, 0) is 24.5 Å². The van der Waals surface area contributed by atoms with Gasteiger partial charge >= 0.3 is 0 Å². The number of nitrogens with one attached hydrogen (secondary N) is 2. The maximum atomic E-state index is 12.1. The summed E-state index contributed by atoms with van der Waals surface area (Å²) in [4.78, 5) is 26.8. The number of H-pyrrole nitrogens is 1. The van der Waals surface area contributed by atoms with Crippen LogP contribution >= 0.6 is 0 Å². The summed E-state index contributed by atoms with van der Waals surface area (Å²) in [5.41, 5.74) is 2.93. The molecule has 5 nitrogen and oxygen atoms in total. The Morgan fingerprint density at radius 1 is 1.04 bits per heavy atom. The molecule has 5 heteroatoms. The van der Waals surface area contributed by atoms with Gasteiger partial charge in [-0.25, -0.2) is 0 Å². The zero-order chi connectivity index (χ0) is 19.8. The standard InChI is InChI=1S/C23H24N2O3/c1-17-14-21(26)22(15-25-17)28-16-23(27)24-13-12-20(18-8-4-2-5-9-18)19-10-6-3-7-11-19/h2-11,14-15,20H,12-13,16H2,1H3,(H,24,27)(H,25,26). The van der Waals surface area contributed by atoms with Crippen molar-refractivity contribution in [2.75, 3.05) is 13.2 Å². The van der Waals surface area contributed by atoms with Crippen LogP contribution in [0.15, 0.2) is 77.7 Å². The molecule has 1 heterocycles. The van der Waals surface area contributed by atoms with Crippen molar-refractivity contribution < 1.29 is 9.53 Å². The zero-order valence-electron chi connectivity index (χ0n) is 15.9. The van der Waals surface area contributed by atoms with Gasteiger partial charge in [-0.3, -0.25) is 9.59 Å². The lowest BCUT2D eigenvalue weighted by Crippen LogP contribution is -2.31. The van der Waals surface area contributed by atoms with Crippen molar-refractivity contribution in [2.45, 2.75) is 19.3 Å². The lowest BCUT2D eigenvalue weighted by atomic mass is 9.88. The van der Waals surface area contributed by atoms with Gasteiger partial charge in [0.1, 0.15) is 0 Å². The Morgan fingerprint density at radius 3 is 2.21 bits per heavy atom. The minimum absolute atomic E-state index is 0.146. The molecule has 0 fully saturated rings. The molecule has 2 aromatic carbocycles. The minimum Gasteiger partial charge on any atom is -0.478 e. The van der Waals surface area contributed by atoms with E-state index >= 15 is 0 Å². The Kier molecular flexibility index (Phi) is 6.63. The number of rotatable bonds is 8. The van der Waals surface area contributed by atoms with Crippen molar-refractivity contribution in [1.29, 1.82) is 0 Å². The van der Waals surface area contributed by atoms with E-state index in [9.17, 15) is 9.59 Å². The molecular formula is C23H24N2O3. The van der Waals surface area contributed by atoms with Crippen LogP contribution in [0.4, 0.5) is 0 Å². The number of carbonyl (C=O) groups excluding carboxylic acids is 1. The second-order valence-electron chi connectivity index (χ2n) is 6.65. The van der Waals surface area contributed by atoms with Crippen molar-refractivity contribution in [3.05, 3.63) is 100.0 Å². The molecule has 0 aliphatic heterocycles. The van der Waals surface area contributed by atoms with Gasteiger partial charge in [0.15, 0.2) is 12.4 Å². The Labute approximate surface area is 164 Å². The summed E-state index contributed by atoms with van der Waals surface area (Å²) in [7, 11) is 0. The van der Waals surface area contributed by atoms with E-state index in [-0.39, 0.29) is 29.6 Å². The van der Waals surface area contributed by atoms with E-state index in [0.29, 0.717) is 6.54 Å². The Bertz CT molecular complexity index is 913. The third-order valence-electron chi connectivity index (χ3n) is 4.54. The largest absolute Gasteiger partial charge is 0.478 e. The molecule has 0 spiro atoms. The number of amides is 1. The molecule has 0 saturated heterocycles. The van der Waals surface area contributed by atoms with Crippen molar-refractivity contribution in [2.24, 2.45) is 0 Å². The van der Waals surface area contributed by atoms with Gasteiger partial charge in [0.05, 0.1) is 0 Å². The second-order valence-corrected chi connectivity index (χ2v) is 6.65. The topological polar surface area (TPSA) is 71.2 Å². The second kappa shape index (κ2) is 9.55. The van der Waals surface area contributed by atoms with E-state index in [2.05, 4.69) is 34.6 Å². The highest BCUT2D eigenvalue weighted by molar-refractivity contribution is 5.77. The molecule has 144 valence electrons. The maximum Gasteiger partial charge on any atom is 0.257 e. The zero-order valence-corrected chi connectivity index (χ0v) is 15.9. The smallest absolute Gasteiger partial charge is 0.257 e. The lowest BCUT2D eigenvalue weighted by Gasteiger charge is -2.18. The van der Waals surface area contributed by atoms with E-state index in [1.165, 1.54) is 23.4 Å². The van der Waals surface area contributed by atoms with Crippen LogP contribution in [0.1, 0.15) is 29.2 Å². The number of ether oxygens (including phenoxy) is 1. The molecule has 28 heavy (non-hydrogen) atoms. The molecular weight excluding hydrogens is 352 g/mol. The molecule has 1 aromatic heterocycles. The Morgan fingerprint density at radius 2 is 1.64 bits per heavy atom. The maximum absolute atomic E-state index is 12.1. The van der Waals surface area contributed by atoms with E-state index in [4.69, 9.17) is 4.74 Å². The number of hydrogen-bond donors (Lipinski definition) is 2. The molecule has 0 atom stereocenters. The van der Waals surface area contributed by atoms with Crippen LogP contribution in [0.2, 0.25) is 0 Å². The van der Waals surface area contributed by atoms with Crippen molar-refractivity contribution in [1.82, 2.24) is 10.3 Å². The van der Waals surface area contributed by atoms with Gasteiger partial charge in [0, 0.05) is 30.4 Å². The fourth-order valence-electron chi connectivity index (χ4n) is 3.12. The van der Waals surface area contributed by atoms with Gasteiger partial charge in [-0.15, -0.1) is 0 Å². The molecule has 0 aliphatic rings. The number of pyridine rings is 1. The number of aromatic nitrogens is 1. The van der Waals surface area contributed by atoms with E-state index < -0.39 is 0 Å². The predicted octanol–water partition coefficient (Wildman–Crippen LogP) is 3.40. The molecule has 0 radical (unpaired) electrons. The minimum atomic E-state index is -0.250.